The number of anilines is 2. The standard InChI is InChI=1S/C32H28FN3O2S/c33-25-15-7-4-12-22(25)20-35-26-16-8-6-14-24(26)32(31(35)38)34-29-28(23-13-5-9-17-27(23)39-29)30(37)36(32)19-18-21-10-2-1-3-11-21/h1-4,6-8,10-12,14-16,34H,5,9,13,17-20H2/t32-/m1/s1. The van der Waals surface area contributed by atoms with Gasteiger partial charge in [-0.3, -0.25) is 9.59 Å². The Morgan fingerprint density at radius 3 is 2.49 bits per heavy atom. The predicted molar refractivity (Wildman–Crippen MR) is 151 cm³/mol. The summed E-state index contributed by atoms with van der Waals surface area (Å²) in [6.45, 7) is 0.452. The number of aryl methyl sites for hydroxylation is 1. The lowest BCUT2D eigenvalue weighted by atomic mass is 9.90. The summed E-state index contributed by atoms with van der Waals surface area (Å²) in [5.41, 5.74) is 3.43. The quantitative estimate of drug-likeness (QED) is 0.326. The van der Waals surface area contributed by atoms with Gasteiger partial charge in [0, 0.05) is 22.5 Å². The molecule has 0 bridgehead atoms. The van der Waals surface area contributed by atoms with Crippen molar-refractivity contribution in [2.75, 3.05) is 16.8 Å². The Hall–Kier alpha value is -3.97. The highest BCUT2D eigenvalue weighted by molar-refractivity contribution is 7.16. The molecule has 3 aromatic carbocycles. The van der Waals surface area contributed by atoms with E-state index in [4.69, 9.17) is 0 Å². The van der Waals surface area contributed by atoms with Crippen LogP contribution in [-0.2, 0) is 36.3 Å². The van der Waals surface area contributed by atoms with E-state index in [0.29, 0.717) is 24.2 Å². The number of nitrogens with zero attached hydrogens (tertiary/aromatic N) is 2. The van der Waals surface area contributed by atoms with E-state index in [2.05, 4.69) is 5.32 Å². The van der Waals surface area contributed by atoms with E-state index in [-0.39, 0.29) is 24.2 Å². The monoisotopic (exact) mass is 537 g/mol. The number of carbonyl (C=O) groups excluding carboxylic acids is 2. The number of carbonyl (C=O) groups is 2. The molecule has 0 fully saturated rings. The molecule has 3 aliphatic rings. The summed E-state index contributed by atoms with van der Waals surface area (Å²) in [6, 6.07) is 24.2. The second-order valence-corrected chi connectivity index (χ2v) is 11.5. The van der Waals surface area contributed by atoms with E-state index in [0.717, 1.165) is 52.9 Å². The lowest BCUT2D eigenvalue weighted by molar-refractivity contribution is -0.127. The lowest BCUT2D eigenvalue weighted by Gasteiger charge is -2.44. The highest BCUT2D eigenvalue weighted by Crippen LogP contribution is 2.52. The molecular weight excluding hydrogens is 509 g/mol. The Morgan fingerprint density at radius 1 is 0.897 bits per heavy atom. The second-order valence-electron chi connectivity index (χ2n) is 10.4. The van der Waals surface area contributed by atoms with Gasteiger partial charge in [0.25, 0.3) is 11.8 Å². The third-order valence-corrected chi connectivity index (χ3v) is 9.43. The molecule has 2 amide bonds. The van der Waals surface area contributed by atoms with E-state index in [9.17, 15) is 14.0 Å². The first-order valence-electron chi connectivity index (χ1n) is 13.5. The zero-order chi connectivity index (χ0) is 26.6. The van der Waals surface area contributed by atoms with E-state index in [1.54, 1.807) is 39.3 Å². The first kappa shape index (κ1) is 24.1. The molecule has 3 heterocycles. The highest BCUT2D eigenvalue weighted by atomic mass is 32.1. The molecule has 7 heteroatoms. The minimum atomic E-state index is -1.39. The number of amides is 2. The van der Waals surface area contributed by atoms with Crippen molar-refractivity contribution in [3.8, 4) is 0 Å². The van der Waals surface area contributed by atoms with E-state index in [1.165, 1.54) is 10.9 Å². The third kappa shape index (κ3) is 3.71. The van der Waals surface area contributed by atoms with E-state index < -0.39 is 5.66 Å². The summed E-state index contributed by atoms with van der Waals surface area (Å²) in [4.78, 5) is 33.7. The number of thiophene rings is 1. The fourth-order valence-electron chi connectivity index (χ4n) is 6.32. The van der Waals surface area contributed by atoms with Crippen LogP contribution in [0.1, 0.15) is 50.3 Å². The molecular formula is C32H28FN3O2S. The van der Waals surface area contributed by atoms with Crippen LogP contribution in [0.25, 0.3) is 0 Å². The molecule has 0 saturated carbocycles. The number of hydrogen-bond acceptors (Lipinski definition) is 4. The van der Waals surface area contributed by atoms with Crippen molar-refractivity contribution >= 4 is 33.8 Å². The maximum Gasteiger partial charge on any atom is 0.279 e. The van der Waals surface area contributed by atoms with Crippen molar-refractivity contribution < 1.29 is 14.0 Å². The summed E-state index contributed by atoms with van der Waals surface area (Å²) in [6.07, 6.45) is 4.64. The van der Waals surface area contributed by atoms with Crippen molar-refractivity contribution in [1.82, 2.24) is 4.90 Å². The molecule has 0 radical (unpaired) electrons. The molecule has 5 nitrogen and oxygen atoms in total. The van der Waals surface area contributed by atoms with Gasteiger partial charge in [-0.05, 0) is 55.4 Å². The molecule has 0 unspecified atom stereocenters. The zero-order valence-electron chi connectivity index (χ0n) is 21.5. The second kappa shape index (κ2) is 9.35. The van der Waals surface area contributed by atoms with Crippen molar-refractivity contribution in [1.29, 1.82) is 0 Å². The van der Waals surface area contributed by atoms with Crippen LogP contribution in [0.15, 0.2) is 78.9 Å². The lowest BCUT2D eigenvalue weighted by Crippen LogP contribution is -2.62. The molecule has 0 saturated heterocycles. The zero-order valence-corrected chi connectivity index (χ0v) is 22.3. The Labute approximate surface area is 230 Å². The van der Waals surface area contributed by atoms with Crippen molar-refractivity contribution in [3.05, 3.63) is 117 Å². The number of nitrogens with one attached hydrogen (secondary N) is 1. The first-order chi connectivity index (χ1) is 19.1. The maximum atomic E-state index is 14.7. The number of rotatable bonds is 5. The van der Waals surface area contributed by atoms with Gasteiger partial charge in [0.05, 0.1) is 17.8 Å². The van der Waals surface area contributed by atoms with Gasteiger partial charge in [0.2, 0.25) is 5.66 Å². The summed E-state index contributed by atoms with van der Waals surface area (Å²) in [5.74, 6) is -0.717. The summed E-state index contributed by atoms with van der Waals surface area (Å²) in [5, 5.41) is 4.40. The van der Waals surface area contributed by atoms with E-state index >= 15 is 0 Å². The van der Waals surface area contributed by atoms with Crippen LogP contribution in [0, 0.1) is 5.82 Å². The number of fused-ring (bicyclic) bond motifs is 5. The first-order valence-corrected chi connectivity index (χ1v) is 14.3. The van der Waals surface area contributed by atoms with Crippen LogP contribution in [0.4, 0.5) is 15.1 Å². The van der Waals surface area contributed by atoms with Gasteiger partial charge in [-0.15, -0.1) is 11.3 Å². The molecule has 4 aromatic rings. The molecule has 1 spiro atoms. The Kier molecular flexibility index (Phi) is 5.77. The van der Waals surface area contributed by atoms with Crippen LogP contribution in [-0.4, -0.2) is 23.3 Å². The minimum absolute atomic E-state index is 0.0838. The number of benzene rings is 3. The maximum absolute atomic E-state index is 14.7. The molecule has 1 atom stereocenters. The van der Waals surface area contributed by atoms with Crippen LogP contribution < -0.4 is 10.2 Å². The Morgan fingerprint density at radius 2 is 1.64 bits per heavy atom. The highest BCUT2D eigenvalue weighted by Gasteiger charge is 2.59. The average Bonchev–Trinajstić information content (AvgIpc) is 3.44. The van der Waals surface area contributed by atoms with Crippen LogP contribution in [0.3, 0.4) is 0 Å². The Balaban J connectivity index is 1.37. The summed E-state index contributed by atoms with van der Waals surface area (Å²) < 4.78 is 14.7. The number of halogens is 1. The minimum Gasteiger partial charge on any atom is -0.342 e. The summed E-state index contributed by atoms with van der Waals surface area (Å²) >= 11 is 1.61. The van der Waals surface area contributed by atoms with Gasteiger partial charge in [0.15, 0.2) is 0 Å². The predicted octanol–water partition coefficient (Wildman–Crippen LogP) is 6.28. The normalized spacial score (nSPS) is 19.6. The summed E-state index contributed by atoms with van der Waals surface area (Å²) in [7, 11) is 0. The molecule has 1 N–H and O–H groups in total. The van der Waals surface area contributed by atoms with Crippen LogP contribution in [0.5, 0.6) is 0 Å². The third-order valence-electron chi connectivity index (χ3n) is 8.22. The fraction of sp³-hybridized carbons (Fsp3) is 0.250. The molecule has 7 rings (SSSR count). The van der Waals surface area contributed by atoms with Gasteiger partial charge in [-0.25, -0.2) is 4.39 Å². The van der Waals surface area contributed by atoms with Crippen molar-refractivity contribution in [2.24, 2.45) is 0 Å². The largest absolute Gasteiger partial charge is 0.342 e. The van der Waals surface area contributed by atoms with E-state index in [1.807, 2.05) is 54.6 Å². The van der Waals surface area contributed by atoms with Crippen molar-refractivity contribution in [2.45, 2.75) is 44.3 Å². The molecule has 2 aliphatic heterocycles. The molecule has 196 valence electrons. The fourth-order valence-corrected chi connectivity index (χ4v) is 7.66. The molecule has 1 aliphatic carbocycles. The number of hydrogen-bond donors (Lipinski definition) is 1. The topological polar surface area (TPSA) is 52.7 Å². The van der Waals surface area contributed by atoms with Gasteiger partial charge >= 0.3 is 0 Å². The Bertz CT molecular complexity index is 1600. The number of para-hydroxylation sites is 1. The van der Waals surface area contributed by atoms with Crippen LogP contribution in [0.2, 0.25) is 0 Å². The van der Waals surface area contributed by atoms with Crippen molar-refractivity contribution in [3.63, 3.8) is 0 Å². The van der Waals surface area contributed by atoms with Crippen LogP contribution >= 0.6 is 11.3 Å². The van der Waals surface area contributed by atoms with Gasteiger partial charge < -0.3 is 15.1 Å². The average molecular weight is 538 g/mol. The smallest absolute Gasteiger partial charge is 0.279 e. The molecule has 1 aromatic heterocycles. The molecule has 39 heavy (non-hydrogen) atoms. The van der Waals surface area contributed by atoms with Gasteiger partial charge in [-0.1, -0.05) is 66.7 Å². The van der Waals surface area contributed by atoms with Gasteiger partial charge in [0.1, 0.15) is 10.8 Å². The SMILES string of the molecule is O=C1c2c(sc3c2CCCC3)N[C@@]2(C(=O)N(Cc3ccccc3F)c3ccccc32)N1CCc1ccccc1. The van der Waals surface area contributed by atoms with Gasteiger partial charge in [-0.2, -0.15) is 0 Å².